The Bertz CT molecular complexity index is 976. The summed E-state index contributed by atoms with van der Waals surface area (Å²) in [6, 6.07) is 3.45. The predicted octanol–water partition coefficient (Wildman–Crippen LogP) is 1.74. The Labute approximate surface area is 157 Å². The van der Waals surface area contributed by atoms with E-state index in [9.17, 15) is 13.7 Å². The van der Waals surface area contributed by atoms with Crippen LogP contribution in [-0.2, 0) is 14.8 Å². The molecule has 0 amide bonds. The highest BCUT2D eigenvalue weighted by atomic mass is 32.2. The monoisotopic (exact) mass is 392 g/mol. The van der Waals surface area contributed by atoms with Gasteiger partial charge in [-0.25, -0.2) is 8.42 Å². The average molecular weight is 392 g/mol. The Morgan fingerprint density at radius 1 is 1.15 bits per heavy atom. The highest BCUT2D eigenvalue weighted by Gasteiger charge is 2.32. The van der Waals surface area contributed by atoms with Gasteiger partial charge in [0.2, 0.25) is 21.6 Å². The lowest BCUT2D eigenvalue weighted by atomic mass is 10.4. The largest absolute Gasteiger partial charge is 0.455 e. The molecule has 0 N–H and O–H groups in total. The van der Waals surface area contributed by atoms with Gasteiger partial charge in [-0.3, -0.25) is 0 Å². The Morgan fingerprint density at radius 3 is 2.52 bits per heavy atom. The predicted molar refractivity (Wildman–Crippen MR) is 94.7 cm³/mol. The summed E-state index contributed by atoms with van der Waals surface area (Å²) in [6.45, 7) is 4.90. The van der Waals surface area contributed by atoms with E-state index in [-0.39, 0.29) is 28.0 Å². The van der Waals surface area contributed by atoms with Crippen LogP contribution in [0.15, 0.2) is 19.8 Å². The summed E-state index contributed by atoms with van der Waals surface area (Å²) >= 11 is 0. The summed E-state index contributed by atoms with van der Waals surface area (Å²) in [5, 5.41) is 9.38. The molecule has 2 aliphatic rings. The molecule has 4 heterocycles. The van der Waals surface area contributed by atoms with Crippen molar-refractivity contribution in [2.24, 2.45) is 0 Å². The number of sulfonamides is 1. The highest BCUT2D eigenvalue weighted by molar-refractivity contribution is 7.89. The van der Waals surface area contributed by atoms with Crippen LogP contribution in [0.3, 0.4) is 0 Å². The lowest BCUT2D eigenvalue weighted by molar-refractivity contribution is 0.120. The van der Waals surface area contributed by atoms with E-state index in [1.165, 1.54) is 10.4 Å². The van der Waals surface area contributed by atoms with Gasteiger partial charge in [-0.05, 0) is 19.8 Å². The first kappa shape index (κ1) is 18.0. The van der Waals surface area contributed by atoms with E-state index in [1.54, 1.807) is 6.92 Å². The maximum absolute atomic E-state index is 12.8. The van der Waals surface area contributed by atoms with E-state index in [4.69, 9.17) is 13.6 Å². The Hall–Kier alpha value is -2.35. The number of morpholine rings is 1. The third-order valence-electron chi connectivity index (χ3n) is 4.78. The lowest BCUT2D eigenvalue weighted by Crippen LogP contribution is -2.36. The Kier molecular flexibility index (Phi) is 4.67. The normalized spacial score (nSPS) is 18.7. The topological polar surface area (TPSA) is 113 Å². The van der Waals surface area contributed by atoms with Crippen molar-refractivity contribution in [1.82, 2.24) is 9.29 Å². The maximum atomic E-state index is 12.8. The second kappa shape index (κ2) is 6.99. The third-order valence-corrected chi connectivity index (χ3v) is 6.79. The van der Waals surface area contributed by atoms with Crippen LogP contribution in [0.4, 0.5) is 5.88 Å². The van der Waals surface area contributed by atoms with E-state index in [0.717, 1.165) is 12.8 Å². The molecule has 0 bridgehead atoms. The van der Waals surface area contributed by atoms with Crippen LogP contribution >= 0.6 is 0 Å². The first-order chi connectivity index (χ1) is 13.0. The summed E-state index contributed by atoms with van der Waals surface area (Å²) in [5.41, 5.74) is 0.143. The molecule has 0 atom stereocenters. The van der Waals surface area contributed by atoms with E-state index >= 15 is 0 Å². The van der Waals surface area contributed by atoms with Crippen molar-refractivity contribution in [3.05, 3.63) is 17.5 Å². The first-order valence-electron chi connectivity index (χ1n) is 8.85. The third kappa shape index (κ3) is 3.22. The van der Waals surface area contributed by atoms with Gasteiger partial charge in [-0.2, -0.15) is 14.6 Å². The smallest absolute Gasteiger partial charge is 0.266 e. The quantitative estimate of drug-likeness (QED) is 0.773. The number of hydrogen-bond acceptors (Lipinski definition) is 8. The molecule has 4 rings (SSSR count). The van der Waals surface area contributed by atoms with Crippen molar-refractivity contribution in [3.8, 4) is 17.7 Å². The number of ether oxygens (including phenoxy) is 1. The van der Waals surface area contributed by atoms with E-state index in [0.29, 0.717) is 45.3 Å². The van der Waals surface area contributed by atoms with Crippen molar-refractivity contribution in [1.29, 1.82) is 5.26 Å². The van der Waals surface area contributed by atoms with Crippen molar-refractivity contribution in [3.63, 3.8) is 0 Å². The molecule has 0 spiro atoms. The summed E-state index contributed by atoms with van der Waals surface area (Å²) in [5.74, 6) is 0.927. The molecular formula is C17H20N4O5S. The Morgan fingerprint density at radius 2 is 1.85 bits per heavy atom. The number of nitrogens with zero attached hydrogens (tertiary/aromatic N) is 4. The van der Waals surface area contributed by atoms with Gasteiger partial charge in [0, 0.05) is 32.2 Å². The summed E-state index contributed by atoms with van der Waals surface area (Å²) in [4.78, 5) is 6.20. The minimum Gasteiger partial charge on any atom is -0.455 e. The van der Waals surface area contributed by atoms with Crippen LogP contribution in [0.25, 0.3) is 11.7 Å². The first-order valence-corrected chi connectivity index (χ1v) is 10.3. The molecule has 144 valence electrons. The second-order valence-electron chi connectivity index (χ2n) is 6.53. The van der Waals surface area contributed by atoms with Gasteiger partial charge in [0.25, 0.3) is 5.89 Å². The molecule has 0 aliphatic carbocycles. The molecule has 27 heavy (non-hydrogen) atoms. The molecule has 2 saturated heterocycles. The number of furan rings is 1. The zero-order chi connectivity index (χ0) is 19.0. The zero-order valence-electron chi connectivity index (χ0n) is 15.0. The number of aryl methyl sites for hydroxylation is 1. The molecule has 0 aromatic carbocycles. The van der Waals surface area contributed by atoms with Gasteiger partial charge in [0.05, 0.1) is 13.2 Å². The molecule has 2 fully saturated rings. The molecule has 2 aromatic rings. The molecule has 0 unspecified atom stereocenters. The SMILES string of the molecule is Cc1oc(-c2nc(C#N)c(N3CCOCC3)o2)cc1S(=O)(=O)N1CCCC1. The molecule has 10 heteroatoms. The molecular weight excluding hydrogens is 372 g/mol. The number of rotatable bonds is 4. The number of oxazole rings is 1. The van der Waals surface area contributed by atoms with Crippen LogP contribution in [0.2, 0.25) is 0 Å². The second-order valence-corrected chi connectivity index (χ2v) is 8.43. The number of anilines is 1. The molecule has 9 nitrogen and oxygen atoms in total. The van der Waals surface area contributed by atoms with E-state index < -0.39 is 10.0 Å². The summed E-state index contributed by atoms with van der Waals surface area (Å²) < 4.78 is 43.8. The molecule has 2 aliphatic heterocycles. The summed E-state index contributed by atoms with van der Waals surface area (Å²) in [7, 11) is -3.61. The van der Waals surface area contributed by atoms with Gasteiger partial charge in [-0.1, -0.05) is 0 Å². The van der Waals surface area contributed by atoms with Crippen LogP contribution in [0, 0.1) is 18.3 Å². The van der Waals surface area contributed by atoms with Gasteiger partial charge in [0.1, 0.15) is 16.7 Å². The molecule has 0 radical (unpaired) electrons. The molecule has 0 saturated carbocycles. The van der Waals surface area contributed by atoms with Crippen molar-refractivity contribution in [2.75, 3.05) is 44.3 Å². The summed E-state index contributed by atoms with van der Waals surface area (Å²) in [6.07, 6.45) is 1.72. The Balaban J connectivity index is 1.69. The van der Waals surface area contributed by atoms with E-state index in [1.807, 2.05) is 11.0 Å². The maximum Gasteiger partial charge on any atom is 0.266 e. The lowest BCUT2D eigenvalue weighted by Gasteiger charge is -2.25. The number of aromatic nitrogens is 1. The van der Waals surface area contributed by atoms with Crippen LogP contribution < -0.4 is 4.90 Å². The highest BCUT2D eigenvalue weighted by Crippen LogP contribution is 2.34. The van der Waals surface area contributed by atoms with Gasteiger partial charge in [-0.15, -0.1) is 0 Å². The fourth-order valence-electron chi connectivity index (χ4n) is 3.37. The number of hydrogen-bond donors (Lipinski definition) is 0. The van der Waals surface area contributed by atoms with Crippen LogP contribution in [-0.4, -0.2) is 57.1 Å². The van der Waals surface area contributed by atoms with Gasteiger partial charge < -0.3 is 18.5 Å². The standard InChI is InChI=1S/C17H20N4O5S/c1-12-15(27(22,23)21-4-2-3-5-21)10-14(25-12)16-19-13(11-18)17(26-16)20-6-8-24-9-7-20/h10H,2-9H2,1H3. The van der Waals surface area contributed by atoms with Crippen molar-refractivity contribution in [2.45, 2.75) is 24.7 Å². The van der Waals surface area contributed by atoms with Crippen molar-refractivity contribution < 1.29 is 22.0 Å². The van der Waals surface area contributed by atoms with Crippen LogP contribution in [0.1, 0.15) is 24.3 Å². The fraction of sp³-hybridized carbons (Fsp3) is 0.529. The van der Waals surface area contributed by atoms with Gasteiger partial charge >= 0.3 is 0 Å². The minimum absolute atomic E-state index is 0.0963. The molecule has 2 aromatic heterocycles. The average Bonchev–Trinajstić information content (AvgIpc) is 3.41. The van der Waals surface area contributed by atoms with Gasteiger partial charge in [0.15, 0.2) is 5.76 Å². The van der Waals surface area contributed by atoms with Crippen LogP contribution in [0.5, 0.6) is 0 Å². The fourth-order valence-corrected chi connectivity index (χ4v) is 5.04. The number of nitriles is 1. The van der Waals surface area contributed by atoms with Crippen molar-refractivity contribution >= 4 is 15.9 Å². The zero-order valence-corrected chi connectivity index (χ0v) is 15.8. The minimum atomic E-state index is -3.61. The van der Waals surface area contributed by atoms with E-state index in [2.05, 4.69) is 4.98 Å².